The van der Waals surface area contributed by atoms with E-state index in [0.29, 0.717) is 18.1 Å². The number of benzene rings is 1. The quantitative estimate of drug-likeness (QED) is 0.799. The van der Waals surface area contributed by atoms with Crippen molar-refractivity contribution in [3.63, 3.8) is 0 Å². The van der Waals surface area contributed by atoms with Crippen LogP contribution in [0.3, 0.4) is 0 Å². The Balaban J connectivity index is 1.40. The van der Waals surface area contributed by atoms with Gasteiger partial charge in [0.1, 0.15) is 0 Å². The van der Waals surface area contributed by atoms with Crippen molar-refractivity contribution in [2.24, 2.45) is 0 Å². The normalized spacial score (nSPS) is 22.7. The molecule has 2 aliphatic heterocycles. The predicted molar refractivity (Wildman–Crippen MR) is 127 cm³/mol. The Labute approximate surface area is 184 Å². The number of aromatic nitrogens is 2. The van der Waals surface area contributed by atoms with Crippen molar-refractivity contribution in [1.82, 2.24) is 14.5 Å². The number of para-hydroxylation sites is 2. The highest BCUT2D eigenvalue weighted by Crippen LogP contribution is 2.30. The number of hydrogen-bond acceptors (Lipinski definition) is 5. The highest BCUT2D eigenvalue weighted by molar-refractivity contribution is 5.89. The van der Waals surface area contributed by atoms with Gasteiger partial charge in [-0.15, -0.1) is 0 Å². The van der Waals surface area contributed by atoms with Gasteiger partial charge in [-0.05, 0) is 37.8 Å². The molecule has 1 saturated carbocycles. The predicted octanol–water partition coefficient (Wildman–Crippen LogP) is 4.38. The third-order valence-electron chi connectivity index (χ3n) is 7.60. The topological polar surface area (TPSA) is 65.2 Å². The van der Waals surface area contributed by atoms with Gasteiger partial charge in [0, 0.05) is 43.9 Å². The highest BCUT2D eigenvalue weighted by atomic mass is 16.1. The van der Waals surface area contributed by atoms with E-state index in [4.69, 9.17) is 10.4 Å². The summed E-state index contributed by atoms with van der Waals surface area (Å²) in [5.41, 5.74) is 2.55. The van der Waals surface area contributed by atoms with Crippen molar-refractivity contribution in [2.75, 3.05) is 31.1 Å². The van der Waals surface area contributed by atoms with Crippen molar-refractivity contribution < 1.29 is 0 Å². The van der Waals surface area contributed by atoms with E-state index in [1.165, 1.54) is 44.9 Å². The molecular formula is C25H35N5O. The van der Waals surface area contributed by atoms with Gasteiger partial charge in [-0.3, -0.25) is 4.79 Å². The number of nitrogens with one attached hydrogen (secondary N) is 1. The number of rotatable bonds is 3. The van der Waals surface area contributed by atoms with Crippen LogP contribution in [0.2, 0.25) is 0 Å². The summed E-state index contributed by atoms with van der Waals surface area (Å²) in [5, 5.41) is 7.98. The van der Waals surface area contributed by atoms with Crippen LogP contribution in [-0.4, -0.2) is 52.4 Å². The molecule has 0 spiro atoms. The molecule has 3 heterocycles. The zero-order chi connectivity index (χ0) is 21.2. The average Bonchev–Trinajstić information content (AvgIpc) is 3.19. The van der Waals surface area contributed by atoms with Crippen LogP contribution in [0.15, 0.2) is 29.1 Å². The fourth-order valence-electron chi connectivity index (χ4n) is 5.86. The van der Waals surface area contributed by atoms with Gasteiger partial charge in [0.25, 0.3) is 5.56 Å². The monoisotopic (exact) mass is 421 g/mol. The first kappa shape index (κ1) is 20.7. The second-order valence-corrected chi connectivity index (χ2v) is 9.64. The fourth-order valence-corrected chi connectivity index (χ4v) is 5.86. The molecule has 166 valence electrons. The molecule has 1 aromatic heterocycles. The molecule has 3 aliphatic rings. The zero-order valence-electron chi connectivity index (χ0n) is 18.6. The third kappa shape index (κ3) is 4.27. The van der Waals surface area contributed by atoms with Crippen LogP contribution >= 0.6 is 0 Å². The fraction of sp³-hybridized carbons (Fsp3) is 0.640. The molecule has 1 N–H and O–H groups in total. The van der Waals surface area contributed by atoms with E-state index in [9.17, 15) is 4.79 Å². The Kier molecular flexibility index (Phi) is 6.08. The van der Waals surface area contributed by atoms with Crippen molar-refractivity contribution in [1.29, 1.82) is 5.41 Å². The number of hydrogen-bond donors (Lipinski definition) is 1. The van der Waals surface area contributed by atoms with Gasteiger partial charge in [0.2, 0.25) is 0 Å². The molecule has 1 aliphatic carbocycles. The van der Waals surface area contributed by atoms with Gasteiger partial charge >= 0.3 is 0 Å². The van der Waals surface area contributed by atoms with Gasteiger partial charge in [-0.25, -0.2) is 4.98 Å². The smallest absolute Gasteiger partial charge is 0.294 e. The molecule has 0 amide bonds. The Morgan fingerprint density at radius 1 is 0.871 bits per heavy atom. The first-order valence-corrected chi connectivity index (χ1v) is 12.3. The minimum absolute atomic E-state index is 0.0257. The van der Waals surface area contributed by atoms with Crippen LogP contribution < -0.4 is 10.5 Å². The number of piperidine rings is 1. The molecule has 0 radical (unpaired) electrons. The lowest BCUT2D eigenvalue weighted by Crippen LogP contribution is -2.44. The standard InChI is InChI=1S/C25H35N5O/c26-19-12-15-29(18-19)24-25(31)30(23-11-7-6-10-22(23)27-24)21-13-16-28(17-14-21)20-8-4-2-1-3-5-9-20/h6-7,10-11,20-21,26H,1-5,8-9,12-18H2. The van der Waals surface area contributed by atoms with Crippen LogP contribution in [0, 0.1) is 5.41 Å². The maximum Gasteiger partial charge on any atom is 0.294 e. The van der Waals surface area contributed by atoms with Crippen LogP contribution in [0.5, 0.6) is 0 Å². The van der Waals surface area contributed by atoms with Crippen LogP contribution in [-0.2, 0) is 0 Å². The first-order chi connectivity index (χ1) is 15.2. The molecule has 31 heavy (non-hydrogen) atoms. The second kappa shape index (κ2) is 9.11. The lowest BCUT2D eigenvalue weighted by molar-refractivity contribution is 0.116. The van der Waals surface area contributed by atoms with Crippen molar-refractivity contribution in [3.8, 4) is 0 Å². The van der Waals surface area contributed by atoms with E-state index in [-0.39, 0.29) is 11.6 Å². The summed E-state index contributed by atoms with van der Waals surface area (Å²) in [6.07, 6.45) is 12.4. The molecule has 5 rings (SSSR count). The Bertz CT molecular complexity index is 983. The summed E-state index contributed by atoms with van der Waals surface area (Å²) in [6, 6.07) is 9.02. The molecule has 2 aromatic rings. The van der Waals surface area contributed by atoms with Gasteiger partial charge in [0.15, 0.2) is 5.82 Å². The highest BCUT2D eigenvalue weighted by Gasteiger charge is 2.29. The summed E-state index contributed by atoms with van der Waals surface area (Å²) in [6.45, 7) is 3.42. The van der Waals surface area contributed by atoms with Crippen molar-refractivity contribution in [2.45, 2.75) is 76.3 Å². The summed E-state index contributed by atoms with van der Waals surface area (Å²) in [4.78, 5) is 23.1. The van der Waals surface area contributed by atoms with Crippen molar-refractivity contribution in [3.05, 3.63) is 34.6 Å². The molecule has 2 saturated heterocycles. The maximum atomic E-state index is 13.6. The Morgan fingerprint density at radius 3 is 2.29 bits per heavy atom. The Hall–Kier alpha value is -2.21. The summed E-state index contributed by atoms with van der Waals surface area (Å²) in [7, 11) is 0. The van der Waals surface area contributed by atoms with Gasteiger partial charge < -0.3 is 19.8 Å². The minimum atomic E-state index is 0.0257. The largest absolute Gasteiger partial charge is 0.346 e. The maximum absolute atomic E-state index is 13.6. The summed E-state index contributed by atoms with van der Waals surface area (Å²) < 4.78 is 2.04. The number of likely N-dealkylation sites (tertiary alicyclic amines) is 1. The molecule has 6 nitrogen and oxygen atoms in total. The number of nitrogens with zero attached hydrogens (tertiary/aromatic N) is 4. The molecule has 6 heteroatoms. The lowest BCUT2D eigenvalue weighted by Gasteiger charge is -2.39. The lowest BCUT2D eigenvalue weighted by atomic mass is 9.93. The Morgan fingerprint density at radius 2 is 1.58 bits per heavy atom. The number of anilines is 1. The van der Waals surface area contributed by atoms with E-state index >= 15 is 0 Å². The van der Waals surface area contributed by atoms with E-state index in [0.717, 1.165) is 56.0 Å². The van der Waals surface area contributed by atoms with Crippen LogP contribution in [0.4, 0.5) is 5.82 Å². The molecule has 3 fully saturated rings. The van der Waals surface area contributed by atoms with Gasteiger partial charge in [-0.2, -0.15) is 0 Å². The average molecular weight is 422 g/mol. The molecular weight excluding hydrogens is 386 g/mol. The van der Waals surface area contributed by atoms with Gasteiger partial charge in [-0.1, -0.05) is 44.2 Å². The van der Waals surface area contributed by atoms with E-state index < -0.39 is 0 Å². The van der Waals surface area contributed by atoms with Crippen LogP contribution in [0.25, 0.3) is 11.0 Å². The second-order valence-electron chi connectivity index (χ2n) is 9.64. The van der Waals surface area contributed by atoms with Crippen molar-refractivity contribution >= 4 is 22.6 Å². The van der Waals surface area contributed by atoms with Gasteiger partial charge in [0.05, 0.1) is 17.6 Å². The van der Waals surface area contributed by atoms with E-state index in [1.54, 1.807) is 0 Å². The van der Waals surface area contributed by atoms with E-state index in [2.05, 4.69) is 4.90 Å². The first-order valence-electron chi connectivity index (χ1n) is 12.3. The summed E-state index contributed by atoms with van der Waals surface area (Å²) in [5.74, 6) is 0.531. The molecule has 1 aromatic carbocycles. The van der Waals surface area contributed by atoms with Crippen LogP contribution in [0.1, 0.15) is 70.3 Å². The molecule has 0 atom stereocenters. The summed E-state index contributed by atoms with van der Waals surface area (Å²) >= 11 is 0. The zero-order valence-corrected chi connectivity index (χ0v) is 18.6. The molecule has 0 bridgehead atoms. The third-order valence-corrected chi connectivity index (χ3v) is 7.60. The number of fused-ring (bicyclic) bond motifs is 1. The minimum Gasteiger partial charge on any atom is -0.346 e. The SMILES string of the molecule is N=C1CCN(c2nc3ccccc3n(C3CCN(C4CCCCCCC4)CC3)c2=O)C1. The van der Waals surface area contributed by atoms with E-state index in [1.807, 2.05) is 33.7 Å². The molecule has 0 unspecified atom stereocenters.